The van der Waals surface area contributed by atoms with Crippen molar-refractivity contribution in [2.75, 3.05) is 22.9 Å². The molecule has 2 aromatic rings. The van der Waals surface area contributed by atoms with Gasteiger partial charge in [-0.15, -0.1) is 0 Å². The van der Waals surface area contributed by atoms with Crippen LogP contribution in [-0.4, -0.2) is 13.1 Å². The maximum atomic E-state index is 2.44. The molecule has 0 amide bonds. The van der Waals surface area contributed by atoms with E-state index in [0.29, 0.717) is 0 Å². The summed E-state index contributed by atoms with van der Waals surface area (Å²) in [4.78, 5) is 4.87. The van der Waals surface area contributed by atoms with Crippen LogP contribution in [0.5, 0.6) is 0 Å². The molecular formula is C24H35N2Zn-3. The second kappa shape index (κ2) is 10.3. The van der Waals surface area contributed by atoms with E-state index in [-0.39, 0.29) is 34.3 Å². The van der Waals surface area contributed by atoms with E-state index in [1.165, 1.54) is 51.2 Å². The zero-order chi connectivity index (χ0) is 17.4. The molecule has 3 heteroatoms. The first-order valence-corrected chi connectivity index (χ1v) is 8.91. The molecule has 0 aliphatic carbocycles. The third-order valence-electron chi connectivity index (χ3n) is 4.92. The Morgan fingerprint density at radius 2 is 0.926 bits per heavy atom. The number of aryl methyl sites for hydroxylation is 6. The quantitative estimate of drug-likeness (QED) is 0.420. The molecule has 0 unspecified atom stereocenters. The van der Waals surface area contributed by atoms with E-state index < -0.39 is 0 Å². The molecule has 2 aromatic carbocycles. The van der Waals surface area contributed by atoms with Crippen molar-refractivity contribution in [1.29, 1.82) is 0 Å². The molecule has 1 aliphatic heterocycles. The zero-order valence-electron chi connectivity index (χ0n) is 18.6. The molecule has 146 valence electrons. The Bertz CT molecular complexity index is 657. The van der Waals surface area contributed by atoms with E-state index in [1.807, 2.05) is 0 Å². The van der Waals surface area contributed by atoms with Gasteiger partial charge in [-0.2, -0.15) is 6.67 Å². The van der Waals surface area contributed by atoms with Crippen LogP contribution in [0.1, 0.15) is 39.8 Å². The van der Waals surface area contributed by atoms with Crippen LogP contribution in [0.4, 0.5) is 11.4 Å². The zero-order valence-corrected chi connectivity index (χ0v) is 21.6. The summed E-state index contributed by atoms with van der Waals surface area (Å²) in [5.41, 5.74) is 10.9. The van der Waals surface area contributed by atoms with Crippen molar-refractivity contribution < 1.29 is 19.5 Å². The molecule has 0 atom stereocenters. The van der Waals surface area contributed by atoms with Crippen LogP contribution in [0.3, 0.4) is 0 Å². The van der Waals surface area contributed by atoms with Gasteiger partial charge in [0.1, 0.15) is 0 Å². The molecular weight excluding hydrogens is 382 g/mol. The molecule has 1 saturated heterocycles. The van der Waals surface area contributed by atoms with Crippen LogP contribution in [-0.2, 0) is 19.5 Å². The third kappa shape index (κ3) is 5.35. The summed E-state index contributed by atoms with van der Waals surface area (Å²) in [5.74, 6) is 0. The van der Waals surface area contributed by atoms with Gasteiger partial charge in [-0.05, 0) is 83.3 Å². The van der Waals surface area contributed by atoms with E-state index in [0.717, 1.165) is 13.1 Å². The number of nitrogens with zero attached hydrogens (tertiary/aromatic N) is 2. The molecule has 27 heavy (non-hydrogen) atoms. The van der Waals surface area contributed by atoms with Gasteiger partial charge in [0, 0.05) is 30.9 Å². The van der Waals surface area contributed by atoms with E-state index >= 15 is 0 Å². The number of hydrogen-bond donors (Lipinski definition) is 0. The average molecular weight is 417 g/mol. The molecule has 0 aromatic heterocycles. The standard InChI is InChI=1S/C22H29N2.2CH3.Zn/c1-15-10-17(3)21(18(4)11-15)23-8-7-9-24(14-23)22-19(5)12-16(2)13-20(22)6;;;/h10-14H,7-9H2,1-6H3;2*1H3;/q3*-1;. The molecule has 0 bridgehead atoms. The predicted molar refractivity (Wildman–Crippen MR) is 118 cm³/mol. The van der Waals surface area contributed by atoms with Crippen molar-refractivity contribution in [3.63, 3.8) is 0 Å². The van der Waals surface area contributed by atoms with Gasteiger partial charge in [0.25, 0.3) is 0 Å². The first-order chi connectivity index (χ1) is 11.4. The van der Waals surface area contributed by atoms with Crippen LogP contribution in [0.2, 0.25) is 0 Å². The van der Waals surface area contributed by atoms with Gasteiger partial charge in [0.15, 0.2) is 0 Å². The minimum absolute atomic E-state index is 0. The smallest absolute Gasteiger partial charge is 0.0145 e. The van der Waals surface area contributed by atoms with Gasteiger partial charge in [-0.1, -0.05) is 35.4 Å². The fraction of sp³-hybridized carbons (Fsp3) is 0.375. The Hall–Kier alpha value is -1.34. The second-order valence-corrected chi connectivity index (χ2v) is 7.35. The minimum atomic E-state index is 0. The summed E-state index contributed by atoms with van der Waals surface area (Å²) in [6.07, 6.45) is 1.18. The normalized spacial score (nSPS) is 13.4. The van der Waals surface area contributed by atoms with Crippen molar-refractivity contribution in [2.45, 2.75) is 48.0 Å². The van der Waals surface area contributed by atoms with Crippen LogP contribution in [0.25, 0.3) is 0 Å². The molecule has 0 spiro atoms. The van der Waals surface area contributed by atoms with Gasteiger partial charge >= 0.3 is 0 Å². The Kier molecular flexibility index (Phi) is 9.77. The maximum Gasteiger partial charge on any atom is 0.0145 e. The SMILES string of the molecule is Cc1cc(C)c(N2[CH-]N(c3c(C)cc(C)cc3C)CCC2)c(C)c1.[CH3-].[CH3-].[Zn]. The summed E-state index contributed by atoms with van der Waals surface area (Å²) in [6.45, 7) is 17.8. The molecule has 1 heterocycles. The van der Waals surface area contributed by atoms with E-state index in [2.05, 4.69) is 82.3 Å². The van der Waals surface area contributed by atoms with Gasteiger partial charge in [-0.25, -0.2) is 0 Å². The largest absolute Gasteiger partial charge is 0.503 e. The molecule has 1 aliphatic rings. The summed E-state index contributed by atoms with van der Waals surface area (Å²) < 4.78 is 0. The second-order valence-electron chi connectivity index (χ2n) is 7.35. The molecule has 3 rings (SSSR count). The van der Waals surface area contributed by atoms with Crippen molar-refractivity contribution >= 4 is 11.4 Å². The Morgan fingerprint density at radius 1 is 0.630 bits per heavy atom. The van der Waals surface area contributed by atoms with Gasteiger partial charge in [0.2, 0.25) is 0 Å². The van der Waals surface area contributed by atoms with Crippen LogP contribution in [0, 0.1) is 63.1 Å². The van der Waals surface area contributed by atoms with Crippen LogP contribution >= 0.6 is 0 Å². The maximum absolute atomic E-state index is 2.44. The fourth-order valence-corrected chi connectivity index (χ4v) is 4.29. The average Bonchev–Trinajstić information content (AvgIpc) is 2.45. The minimum Gasteiger partial charge on any atom is -0.503 e. The van der Waals surface area contributed by atoms with Crippen molar-refractivity contribution in [1.82, 2.24) is 0 Å². The topological polar surface area (TPSA) is 6.48 Å². The number of anilines is 2. The predicted octanol–water partition coefficient (Wildman–Crippen LogP) is 6.27. The monoisotopic (exact) mass is 415 g/mol. The van der Waals surface area contributed by atoms with E-state index in [1.54, 1.807) is 0 Å². The molecule has 0 N–H and O–H groups in total. The van der Waals surface area contributed by atoms with Crippen LogP contribution in [0.15, 0.2) is 24.3 Å². The Balaban J connectivity index is 0.00000225. The van der Waals surface area contributed by atoms with Crippen molar-refractivity contribution in [3.05, 3.63) is 79.2 Å². The van der Waals surface area contributed by atoms with Crippen molar-refractivity contribution in [3.8, 4) is 0 Å². The van der Waals surface area contributed by atoms with Crippen molar-refractivity contribution in [2.24, 2.45) is 0 Å². The summed E-state index contributed by atoms with van der Waals surface area (Å²) >= 11 is 0. The molecule has 2 nitrogen and oxygen atoms in total. The van der Waals surface area contributed by atoms with Gasteiger partial charge < -0.3 is 24.7 Å². The Morgan fingerprint density at radius 3 is 1.22 bits per heavy atom. The van der Waals surface area contributed by atoms with Gasteiger partial charge in [-0.3, -0.25) is 0 Å². The molecule has 0 radical (unpaired) electrons. The van der Waals surface area contributed by atoms with E-state index in [9.17, 15) is 0 Å². The Labute approximate surface area is 180 Å². The number of benzene rings is 2. The summed E-state index contributed by atoms with van der Waals surface area (Å²) in [7, 11) is 0. The number of rotatable bonds is 2. The van der Waals surface area contributed by atoms with Crippen LogP contribution < -0.4 is 9.80 Å². The molecule has 0 saturated carbocycles. The molecule has 1 fully saturated rings. The van der Waals surface area contributed by atoms with Gasteiger partial charge in [0.05, 0.1) is 0 Å². The first-order valence-electron chi connectivity index (χ1n) is 8.91. The third-order valence-corrected chi connectivity index (χ3v) is 4.92. The summed E-state index contributed by atoms with van der Waals surface area (Å²) in [6, 6.07) is 9.16. The fourth-order valence-electron chi connectivity index (χ4n) is 4.29. The first kappa shape index (κ1) is 25.7. The van der Waals surface area contributed by atoms with E-state index in [4.69, 9.17) is 0 Å². The number of hydrogen-bond acceptors (Lipinski definition) is 2. The summed E-state index contributed by atoms with van der Waals surface area (Å²) in [5, 5.41) is 0.